The zero-order valence-corrected chi connectivity index (χ0v) is 22.0. The van der Waals surface area contributed by atoms with Gasteiger partial charge in [0.25, 0.3) is 5.91 Å². The van der Waals surface area contributed by atoms with Crippen LogP contribution in [0, 0.1) is 19.8 Å². The fraction of sp³-hybridized carbons (Fsp3) is 0.448. The fourth-order valence-electron chi connectivity index (χ4n) is 5.55. The topological polar surface area (TPSA) is 72.0 Å². The third-order valence-corrected chi connectivity index (χ3v) is 7.65. The lowest BCUT2D eigenvalue weighted by atomic mass is 9.99. The molecule has 1 aliphatic heterocycles. The average molecular weight is 487 g/mol. The number of carbonyl (C=O) groups is 1. The Labute approximate surface area is 212 Å². The van der Waals surface area contributed by atoms with Crippen LogP contribution in [0.25, 0.3) is 16.6 Å². The predicted octanol–water partition coefficient (Wildman–Crippen LogP) is 5.36. The van der Waals surface area contributed by atoms with Crippen LogP contribution in [0.2, 0.25) is 0 Å². The molecule has 0 spiro atoms. The van der Waals surface area contributed by atoms with Gasteiger partial charge in [0.1, 0.15) is 24.9 Å². The number of rotatable bonds is 6. The van der Waals surface area contributed by atoms with Crippen LogP contribution < -0.4 is 5.32 Å². The first-order chi connectivity index (χ1) is 17.3. The van der Waals surface area contributed by atoms with Crippen LogP contribution >= 0.6 is 0 Å². The van der Waals surface area contributed by atoms with Crippen molar-refractivity contribution in [3.05, 3.63) is 58.6 Å². The minimum absolute atomic E-state index is 0.178. The number of aryl methyl sites for hydroxylation is 2. The number of benzene rings is 1. The molecule has 1 fully saturated rings. The maximum absolute atomic E-state index is 13.6. The van der Waals surface area contributed by atoms with Gasteiger partial charge in [0.15, 0.2) is 5.71 Å². The highest BCUT2D eigenvalue weighted by molar-refractivity contribution is 6.21. The average Bonchev–Trinajstić information content (AvgIpc) is 3.48. The fourth-order valence-corrected chi connectivity index (χ4v) is 5.55. The van der Waals surface area contributed by atoms with Gasteiger partial charge >= 0.3 is 0 Å². The van der Waals surface area contributed by atoms with Crippen molar-refractivity contribution < 1.29 is 14.1 Å². The smallest absolute Gasteiger partial charge is 0.258 e. The summed E-state index contributed by atoms with van der Waals surface area (Å²) in [5.41, 5.74) is 7.35. The molecule has 1 aromatic carbocycles. The molecule has 1 saturated carbocycles. The van der Waals surface area contributed by atoms with Crippen molar-refractivity contribution in [2.24, 2.45) is 5.92 Å². The third kappa shape index (κ3) is 4.66. The van der Waals surface area contributed by atoms with E-state index in [2.05, 4.69) is 47.5 Å². The van der Waals surface area contributed by atoms with Gasteiger partial charge in [-0.3, -0.25) is 15.1 Å². The van der Waals surface area contributed by atoms with Crippen LogP contribution in [0.1, 0.15) is 66.3 Å². The van der Waals surface area contributed by atoms with Crippen molar-refractivity contribution in [2.75, 3.05) is 26.0 Å². The molecule has 2 aromatic heterocycles. The zero-order chi connectivity index (χ0) is 25.4. The molecule has 3 aromatic rings. The number of hydrogen-bond donors (Lipinski definition) is 1. The summed E-state index contributed by atoms with van der Waals surface area (Å²) in [6.45, 7) is 7.86. The Morgan fingerprint density at radius 2 is 1.92 bits per heavy atom. The van der Waals surface area contributed by atoms with Gasteiger partial charge in [-0.15, -0.1) is 0 Å². The van der Waals surface area contributed by atoms with E-state index in [0.29, 0.717) is 17.4 Å². The molecule has 0 saturated heterocycles. The molecule has 0 unspecified atom stereocenters. The minimum Gasteiger partial charge on any atom is -0.500 e. The number of amides is 1. The largest absolute Gasteiger partial charge is 0.500 e. The maximum atomic E-state index is 13.6. The van der Waals surface area contributed by atoms with Gasteiger partial charge < -0.3 is 9.30 Å². The Hall–Kier alpha value is -3.48. The Balaban J connectivity index is 1.51. The van der Waals surface area contributed by atoms with E-state index in [-0.39, 0.29) is 5.91 Å². The molecule has 0 atom stereocenters. The van der Waals surface area contributed by atoms with Gasteiger partial charge in [-0.05, 0) is 62.4 Å². The summed E-state index contributed by atoms with van der Waals surface area (Å²) in [6, 6.07) is 9.98. The molecule has 0 bridgehead atoms. The molecule has 7 heteroatoms. The van der Waals surface area contributed by atoms with E-state index in [9.17, 15) is 4.79 Å². The lowest BCUT2D eigenvalue weighted by Gasteiger charge is -2.18. The Morgan fingerprint density at radius 3 is 2.67 bits per heavy atom. The quantitative estimate of drug-likeness (QED) is 0.477. The van der Waals surface area contributed by atoms with Crippen molar-refractivity contribution in [1.29, 1.82) is 0 Å². The number of allylic oxidation sites excluding steroid dienone is 1. The number of anilines is 1. The van der Waals surface area contributed by atoms with E-state index in [1.54, 1.807) is 7.11 Å². The monoisotopic (exact) mass is 486 g/mol. The summed E-state index contributed by atoms with van der Waals surface area (Å²) < 4.78 is 10.1. The van der Waals surface area contributed by atoms with Gasteiger partial charge in [-0.25, -0.2) is 9.56 Å². The zero-order valence-electron chi connectivity index (χ0n) is 22.0. The number of ether oxygens (including phenoxy) is 1. The summed E-state index contributed by atoms with van der Waals surface area (Å²) in [5.74, 6) is 1.96. The highest BCUT2D eigenvalue weighted by Gasteiger charge is 2.27. The molecule has 1 N–H and O–H groups in total. The van der Waals surface area contributed by atoms with Crippen LogP contribution in [0.3, 0.4) is 0 Å². The standard InChI is InChI=1S/C29H35N5O2/c1-18-10-11-23-25(14-18)34(17-21-8-6-7-9-21)29(31-23)32-28(35)22-15-19(2)30-24(16-22)27-20(3)33(4)13-12-26(27)36-5/h10-11,14-16,21H,6-9,12-13,17H2,1-5H3/p+1. The van der Waals surface area contributed by atoms with E-state index >= 15 is 0 Å². The van der Waals surface area contributed by atoms with E-state index in [1.165, 1.54) is 31.2 Å². The van der Waals surface area contributed by atoms with Gasteiger partial charge in [-0.2, -0.15) is 0 Å². The van der Waals surface area contributed by atoms with Crippen LogP contribution in [-0.4, -0.2) is 51.4 Å². The molecule has 0 radical (unpaired) electrons. The third-order valence-electron chi connectivity index (χ3n) is 7.65. The minimum atomic E-state index is -0.178. The number of pyridine rings is 1. The number of hydrogen-bond acceptors (Lipinski definition) is 4. The van der Waals surface area contributed by atoms with Crippen LogP contribution in [0.15, 0.2) is 36.1 Å². The molecule has 1 amide bonds. The SMILES string of the molecule is COC1=C(c2cc(C(=O)Nc3nc4ccc(C)cc4n3CC3CCCC3)cc(C)n2)C(C)=[N+](C)CC1. The van der Waals surface area contributed by atoms with Crippen molar-refractivity contribution in [1.82, 2.24) is 14.5 Å². The normalized spacial score (nSPS) is 16.8. The van der Waals surface area contributed by atoms with E-state index in [4.69, 9.17) is 14.7 Å². The number of nitrogens with zero attached hydrogens (tertiary/aromatic N) is 4. The number of methoxy groups -OCH3 is 1. The second-order valence-electron chi connectivity index (χ2n) is 10.3. The highest BCUT2D eigenvalue weighted by Crippen LogP contribution is 2.31. The van der Waals surface area contributed by atoms with Crippen LogP contribution in [-0.2, 0) is 11.3 Å². The Kier molecular flexibility index (Phi) is 6.65. The molecule has 7 nitrogen and oxygen atoms in total. The van der Waals surface area contributed by atoms with Crippen molar-refractivity contribution >= 4 is 34.2 Å². The molecule has 5 rings (SSSR count). The van der Waals surface area contributed by atoms with Crippen LogP contribution in [0.5, 0.6) is 0 Å². The first-order valence-corrected chi connectivity index (χ1v) is 12.9. The first kappa shape index (κ1) is 24.2. The lowest BCUT2D eigenvalue weighted by Crippen LogP contribution is -2.25. The predicted molar refractivity (Wildman–Crippen MR) is 144 cm³/mol. The second-order valence-corrected chi connectivity index (χ2v) is 10.3. The van der Waals surface area contributed by atoms with E-state index in [1.807, 2.05) is 25.1 Å². The lowest BCUT2D eigenvalue weighted by molar-refractivity contribution is -0.497. The number of aromatic nitrogens is 3. The van der Waals surface area contributed by atoms with Crippen molar-refractivity contribution in [3.8, 4) is 0 Å². The summed E-state index contributed by atoms with van der Waals surface area (Å²) in [4.78, 5) is 23.2. The molecule has 188 valence electrons. The van der Waals surface area contributed by atoms with Crippen LogP contribution in [0.4, 0.5) is 5.95 Å². The van der Waals surface area contributed by atoms with Gasteiger partial charge in [-0.1, -0.05) is 18.9 Å². The Morgan fingerprint density at radius 1 is 1.14 bits per heavy atom. The molecular formula is C29H36N5O2+. The number of nitrogens with one attached hydrogen (secondary N) is 1. The van der Waals surface area contributed by atoms with Gasteiger partial charge in [0, 0.05) is 24.7 Å². The Bertz CT molecular complexity index is 1390. The molecular weight excluding hydrogens is 450 g/mol. The first-order valence-electron chi connectivity index (χ1n) is 12.9. The van der Waals surface area contributed by atoms with Crippen molar-refractivity contribution in [2.45, 2.75) is 59.4 Å². The highest BCUT2D eigenvalue weighted by atomic mass is 16.5. The molecule has 2 aliphatic rings. The van der Waals surface area contributed by atoms with E-state index in [0.717, 1.165) is 59.0 Å². The second kappa shape index (κ2) is 9.88. The summed E-state index contributed by atoms with van der Waals surface area (Å²) in [5, 5.41) is 3.13. The number of imidazole rings is 1. The number of fused-ring (bicyclic) bond motifs is 1. The van der Waals surface area contributed by atoms with E-state index < -0.39 is 0 Å². The maximum Gasteiger partial charge on any atom is 0.258 e. The summed E-state index contributed by atoms with van der Waals surface area (Å²) in [7, 11) is 3.77. The molecule has 3 heterocycles. The van der Waals surface area contributed by atoms with Gasteiger partial charge in [0.05, 0.1) is 30.3 Å². The number of carbonyl (C=O) groups excluding carboxylic acids is 1. The molecule has 36 heavy (non-hydrogen) atoms. The van der Waals surface area contributed by atoms with Crippen molar-refractivity contribution in [3.63, 3.8) is 0 Å². The molecule has 1 aliphatic carbocycles. The summed E-state index contributed by atoms with van der Waals surface area (Å²) >= 11 is 0. The summed E-state index contributed by atoms with van der Waals surface area (Å²) in [6.07, 6.45) is 5.82. The van der Waals surface area contributed by atoms with Gasteiger partial charge in [0.2, 0.25) is 5.95 Å².